The van der Waals surface area contributed by atoms with Crippen LogP contribution in [0.15, 0.2) is 0 Å². The predicted octanol–water partition coefficient (Wildman–Crippen LogP) is 0.864. The van der Waals surface area contributed by atoms with E-state index < -0.39 is 11.9 Å². The molecule has 4 saturated carbocycles. The summed E-state index contributed by atoms with van der Waals surface area (Å²) in [4.78, 5) is 25.0. The Kier molecular flexibility index (Phi) is 3.72. The second kappa shape index (κ2) is 5.27. The molecule has 4 N–H and O–H groups in total. The lowest BCUT2D eigenvalue weighted by Gasteiger charge is -2.57. The summed E-state index contributed by atoms with van der Waals surface area (Å²) < 4.78 is 0. The van der Waals surface area contributed by atoms with Crippen LogP contribution in [0.4, 0.5) is 0 Å². The number of carbonyl (C=O) groups is 2. The lowest BCUT2D eigenvalue weighted by atomic mass is 9.49. The van der Waals surface area contributed by atoms with Crippen LogP contribution >= 0.6 is 0 Å². The van der Waals surface area contributed by atoms with Crippen molar-refractivity contribution in [1.29, 1.82) is 0 Å². The SMILES string of the molecule is CN(CC12CC3CC(CC(C3)C1)C2)C(=O)C(N)CC(N)=O. The maximum absolute atomic E-state index is 12.3. The van der Waals surface area contributed by atoms with E-state index in [1.54, 1.807) is 4.90 Å². The third kappa shape index (κ3) is 2.93. The number of amides is 2. The van der Waals surface area contributed by atoms with Gasteiger partial charge in [-0.25, -0.2) is 0 Å². The summed E-state index contributed by atoms with van der Waals surface area (Å²) in [6.45, 7) is 0.793. The zero-order valence-corrected chi connectivity index (χ0v) is 12.9. The van der Waals surface area contributed by atoms with Crippen molar-refractivity contribution in [3.8, 4) is 0 Å². The van der Waals surface area contributed by atoms with Gasteiger partial charge in [0.2, 0.25) is 11.8 Å². The van der Waals surface area contributed by atoms with E-state index in [0.717, 1.165) is 24.3 Å². The van der Waals surface area contributed by atoms with Crippen LogP contribution in [-0.4, -0.2) is 36.3 Å². The Morgan fingerprint density at radius 2 is 1.62 bits per heavy atom. The van der Waals surface area contributed by atoms with Gasteiger partial charge in [0.15, 0.2) is 0 Å². The molecular weight excluding hydrogens is 266 g/mol. The van der Waals surface area contributed by atoms with Crippen molar-refractivity contribution >= 4 is 11.8 Å². The van der Waals surface area contributed by atoms with Crippen LogP contribution in [0.1, 0.15) is 44.9 Å². The molecule has 5 nitrogen and oxygen atoms in total. The van der Waals surface area contributed by atoms with Gasteiger partial charge in [-0.15, -0.1) is 0 Å². The van der Waals surface area contributed by atoms with Gasteiger partial charge in [0, 0.05) is 13.6 Å². The molecule has 1 unspecified atom stereocenters. The van der Waals surface area contributed by atoms with E-state index >= 15 is 0 Å². The van der Waals surface area contributed by atoms with E-state index in [2.05, 4.69) is 0 Å². The summed E-state index contributed by atoms with van der Waals surface area (Å²) in [6, 6.07) is -0.790. The average Bonchev–Trinajstić information content (AvgIpc) is 2.34. The molecule has 0 aromatic heterocycles. The first-order chi connectivity index (χ1) is 9.87. The molecule has 4 bridgehead atoms. The van der Waals surface area contributed by atoms with E-state index in [-0.39, 0.29) is 12.3 Å². The Balaban J connectivity index is 1.63. The van der Waals surface area contributed by atoms with Crippen molar-refractivity contribution in [3.63, 3.8) is 0 Å². The fourth-order valence-corrected chi connectivity index (χ4v) is 5.65. The van der Waals surface area contributed by atoms with E-state index in [1.165, 1.54) is 38.5 Å². The summed E-state index contributed by atoms with van der Waals surface area (Å²) in [5, 5.41) is 0. The zero-order chi connectivity index (χ0) is 15.2. The summed E-state index contributed by atoms with van der Waals surface area (Å²) in [5.41, 5.74) is 11.2. The first-order valence-corrected chi connectivity index (χ1v) is 8.16. The molecule has 0 radical (unpaired) electrons. The Bertz CT molecular complexity index is 414. The molecule has 0 heterocycles. The minimum atomic E-state index is -0.790. The van der Waals surface area contributed by atoms with Crippen LogP contribution < -0.4 is 11.5 Å². The van der Waals surface area contributed by atoms with E-state index in [4.69, 9.17) is 11.5 Å². The number of hydrogen-bond acceptors (Lipinski definition) is 3. The number of nitrogens with two attached hydrogens (primary N) is 2. The maximum Gasteiger partial charge on any atom is 0.239 e. The molecule has 4 aliphatic rings. The van der Waals surface area contributed by atoms with Gasteiger partial charge in [-0.05, 0) is 61.7 Å². The highest BCUT2D eigenvalue weighted by Crippen LogP contribution is 2.60. The number of likely N-dealkylation sites (N-methyl/N-ethyl adjacent to an activating group) is 1. The summed E-state index contributed by atoms with van der Waals surface area (Å²) >= 11 is 0. The van der Waals surface area contributed by atoms with Gasteiger partial charge in [-0.3, -0.25) is 9.59 Å². The molecule has 0 spiro atoms. The maximum atomic E-state index is 12.3. The number of primary amides is 1. The molecule has 0 aromatic rings. The zero-order valence-electron chi connectivity index (χ0n) is 12.9. The predicted molar refractivity (Wildman–Crippen MR) is 80.0 cm³/mol. The lowest BCUT2D eigenvalue weighted by Crippen LogP contribution is -2.53. The van der Waals surface area contributed by atoms with Gasteiger partial charge in [0.25, 0.3) is 0 Å². The summed E-state index contributed by atoms with van der Waals surface area (Å²) in [7, 11) is 1.82. The molecule has 0 aromatic carbocycles. The molecule has 0 saturated heterocycles. The second-order valence-electron chi connectivity index (χ2n) is 7.89. The highest BCUT2D eigenvalue weighted by molar-refractivity contribution is 5.87. The minimum absolute atomic E-state index is 0.0654. The van der Waals surface area contributed by atoms with Crippen LogP contribution in [0.25, 0.3) is 0 Å². The van der Waals surface area contributed by atoms with Crippen LogP contribution in [0.2, 0.25) is 0 Å². The van der Waals surface area contributed by atoms with Gasteiger partial charge in [0.1, 0.15) is 0 Å². The topological polar surface area (TPSA) is 89.4 Å². The normalized spacial score (nSPS) is 38.3. The van der Waals surface area contributed by atoms with Crippen molar-refractivity contribution in [3.05, 3.63) is 0 Å². The molecule has 2 amide bonds. The first-order valence-electron chi connectivity index (χ1n) is 8.16. The van der Waals surface area contributed by atoms with Gasteiger partial charge in [0.05, 0.1) is 12.5 Å². The molecule has 0 aliphatic heterocycles. The average molecular weight is 293 g/mol. The highest BCUT2D eigenvalue weighted by Gasteiger charge is 2.51. The van der Waals surface area contributed by atoms with Gasteiger partial charge < -0.3 is 16.4 Å². The van der Waals surface area contributed by atoms with Crippen LogP contribution in [0, 0.1) is 23.2 Å². The smallest absolute Gasteiger partial charge is 0.239 e. The molecule has 5 heteroatoms. The highest BCUT2D eigenvalue weighted by atomic mass is 16.2. The van der Waals surface area contributed by atoms with Crippen LogP contribution in [0.3, 0.4) is 0 Å². The van der Waals surface area contributed by atoms with Gasteiger partial charge in [-0.2, -0.15) is 0 Å². The molecular formula is C16H27N3O2. The van der Waals surface area contributed by atoms with Crippen molar-refractivity contribution in [2.75, 3.05) is 13.6 Å². The minimum Gasteiger partial charge on any atom is -0.370 e. The second-order valence-corrected chi connectivity index (χ2v) is 7.89. The van der Waals surface area contributed by atoms with Crippen LogP contribution in [-0.2, 0) is 9.59 Å². The quantitative estimate of drug-likeness (QED) is 0.788. The van der Waals surface area contributed by atoms with Crippen molar-refractivity contribution in [2.45, 2.75) is 51.0 Å². The Morgan fingerprint density at radius 1 is 1.14 bits per heavy atom. The molecule has 4 aliphatic carbocycles. The van der Waals surface area contributed by atoms with Gasteiger partial charge in [-0.1, -0.05) is 0 Å². The van der Waals surface area contributed by atoms with Crippen molar-refractivity contribution in [2.24, 2.45) is 34.6 Å². The van der Waals surface area contributed by atoms with Crippen LogP contribution in [0.5, 0.6) is 0 Å². The molecule has 4 fully saturated rings. The monoisotopic (exact) mass is 293 g/mol. The summed E-state index contributed by atoms with van der Waals surface area (Å²) in [6.07, 6.45) is 7.93. The van der Waals surface area contributed by atoms with E-state index in [9.17, 15) is 9.59 Å². The fourth-order valence-electron chi connectivity index (χ4n) is 5.65. The van der Waals surface area contributed by atoms with E-state index in [1.807, 2.05) is 7.05 Å². The first kappa shape index (κ1) is 14.8. The standard InChI is InChI=1S/C16H27N3O2/c1-19(15(21)13(17)5-14(18)20)9-16-6-10-2-11(7-16)4-12(3-10)8-16/h10-13H,2-9,17H2,1H3,(H2,18,20). The lowest BCUT2D eigenvalue weighted by molar-refractivity contribution is -0.138. The Labute approximate surface area is 126 Å². The van der Waals surface area contributed by atoms with Gasteiger partial charge >= 0.3 is 0 Å². The number of hydrogen-bond donors (Lipinski definition) is 2. The molecule has 1 atom stereocenters. The fraction of sp³-hybridized carbons (Fsp3) is 0.875. The van der Waals surface area contributed by atoms with E-state index in [0.29, 0.717) is 5.41 Å². The molecule has 21 heavy (non-hydrogen) atoms. The molecule has 4 rings (SSSR count). The number of nitrogens with zero attached hydrogens (tertiary/aromatic N) is 1. The Morgan fingerprint density at radius 3 is 2.05 bits per heavy atom. The largest absolute Gasteiger partial charge is 0.370 e. The third-order valence-electron chi connectivity index (χ3n) is 5.85. The number of carbonyl (C=O) groups excluding carboxylic acids is 2. The third-order valence-corrected chi connectivity index (χ3v) is 5.85. The van der Waals surface area contributed by atoms with Crippen molar-refractivity contribution in [1.82, 2.24) is 4.90 Å². The van der Waals surface area contributed by atoms with Crippen molar-refractivity contribution < 1.29 is 9.59 Å². The Hall–Kier alpha value is -1.10. The molecule has 118 valence electrons. The summed E-state index contributed by atoms with van der Waals surface area (Å²) in [5.74, 6) is 1.96. The number of rotatable bonds is 5.